The molecule has 0 saturated carbocycles. The molecule has 2 aromatic heterocycles. The Morgan fingerprint density at radius 1 is 0.321 bits per heavy atom. The summed E-state index contributed by atoms with van der Waals surface area (Å²) in [5.41, 5.74) is 21.2. The normalized spacial score (nSPS) is 12.2. The first kappa shape index (κ1) is 55.4. The Morgan fingerprint density at radius 3 is 0.917 bits per heavy atom. The molecule has 0 bridgehead atoms. The number of fused-ring (bicyclic) bond motifs is 6. The molecule has 2 heterocycles. The predicted octanol–water partition coefficient (Wildman–Crippen LogP) is 21.8. The molecule has 0 amide bonds. The number of aromatic nitrogens is 2. The van der Waals surface area contributed by atoms with Crippen LogP contribution in [0.25, 0.3) is 111 Å². The van der Waals surface area contributed by atoms with Crippen molar-refractivity contribution in [3.63, 3.8) is 0 Å². The molecule has 84 heavy (non-hydrogen) atoms. The van der Waals surface area contributed by atoms with Gasteiger partial charge in [0.2, 0.25) is 0 Å². The zero-order valence-electron chi connectivity index (χ0n) is 49.0. The largest absolute Gasteiger partial charge is 0.417 e. The summed E-state index contributed by atoms with van der Waals surface area (Å²) < 4.78 is 95.3. The van der Waals surface area contributed by atoms with E-state index in [9.17, 15) is 18.4 Å². The molecule has 9 heteroatoms. The lowest BCUT2D eigenvalue weighted by molar-refractivity contribution is -0.142. The minimum Gasteiger partial charge on any atom is -0.309 e. The number of nitriles is 1. The molecule has 12 rings (SSSR count). The minimum absolute atomic E-state index is 0.0208. The standard InChI is InChI=1S/C75H61F6N3/c1-39-23-43(5)70(44(6)24-39)51-13-19-64-58(31-51)59-32-52(71-45(7)25-40(2)26-46(71)8)14-20-65(59)83(64)68-37-62(57-18-17-56(74(76,77)78)36-63(57)75(79,80)81)69(35-55(68)38-82)84-66-21-15-53(72-47(9)27-41(3)28-48(72)10)33-60(66)61-34-54(16-22-67(61)84)73-49(11)29-42(4)30-50(73)12/h13-37H,1-12H3. The van der Waals surface area contributed by atoms with Crippen molar-refractivity contribution in [2.75, 3.05) is 0 Å². The summed E-state index contributed by atoms with van der Waals surface area (Å²) in [6, 6.07) is 49.2. The lowest BCUT2D eigenvalue weighted by Crippen LogP contribution is -2.13. The third-order valence-corrected chi connectivity index (χ3v) is 17.1. The van der Waals surface area contributed by atoms with Gasteiger partial charge in [-0.2, -0.15) is 31.6 Å². The second-order valence-electron chi connectivity index (χ2n) is 23.4. The Labute approximate surface area is 485 Å². The van der Waals surface area contributed by atoms with E-state index in [1.165, 1.54) is 0 Å². The van der Waals surface area contributed by atoms with Gasteiger partial charge in [0.15, 0.2) is 0 Å². The van der Waals surface area contributed by atoms with Crippen molar-refractivity contribution in [3.8, 4) is 73.1 Å². The van der Waals surface area contributed by atoms with Crippen molar-refractivity contribution < 1.29 is 26.3 Å². The SMILES string of the molecule is Cc1cc(C)c(-c2ccc3c(c2)c2cc(-c4c(C)cc(C)cc4C)ccc2n3-c2cc(-c3ccc(C(F)(F)F)cc3C(F)(F)F)c(-n3c4ccc(-c5c(C)cc(C)cc5C)cc4c4cc(-c5c(C)cc(C)cc5C)ccc43)cc2C#N)c(C)c1. The fourth-order valence-corrected chi connectivity index (χ4v) is 14.2. The van der Waals surface area contributed by atoms with Crippen molar-refractivity contribution in [2.45, 2.75) is 95.4 Å². The van der Waals surface area contributed by atoms with E-state index in [0.29, 0.717) is 28.1 Å². The van der Waals surface area contributed by atoms with Gasteiger partial charge in [-0.05, 0) is 250 Å². The monoisotopic (exact) mass is 1120 g/mol. The van der Waals surface area contributed by atoms with Gasteiger partial charge in [-0.1, -0.05) is 101 Å². The van der Waals surface area contributed by atoms with Gasteiger partial charge < -0.3 is 9.13 Å². The van der Waals surface area contributed by atoms with Gasteiger partial charge in [-0.15, -0.1) is 0 Å². The average molecular weight is 1120 g/mol. The van der Waals surface area contributed by atoms with Gasteiger partial charge in [0, 0.05) is 27.1 Å². The van der Waals surface area contributed by atoms with E-state index in [4.69, 9.17) is 0 Å². The molecule has 0 aliphatic rings. The number of benzene rings is 10. The maximum absolute atomic E-state index is 15.9. The summed E-state index contributed by atoms with van der Waals surface area (Å²) >= 11 is 0. The van der Waals surface area contributed by atoms with E-state index in [2.05, 4.69) is 162 Å². The van der Waals surface area contributed by atoms with E-state index >= 15 is 13.2 Å². The Bertz CT molecular complexity index is 4520. The van der Waals surface area contributed by atoms with Crippen LogP contribution in [0.5, 0.6) is 0 Å². The first-order valence-corrected chi connectivity index (χ1v) is 28.2. The van der Waals surface area contributed by atoms with Crippen LogP contribution < -0.4 is 0 Å². The Kier molecular flexibility index (Phi) is 13.2. The lowest BCUT2D eigenvalue weighted by Gasteiger charge is -2.22. The molecular weight excluding hydrogens is 1060 g/mol. The van der Waals surface area contributed by atoms with Crippen LogP contribution in [0, 0.1) is 94.4 Å². The number of nitrogens with zero attached hydrogens (tertiary/aromatic N) is 3. The van der Waals surface area contributed by atoms with E-state index < -0.39 is 29.0 Å². The molecule has 0 saturated heterocycles. The van der Waals surface area contributed by atoms with Crippen molar-refractivity contribution in [1.29, 1.82) is 5.26 Å². The molecule has 0 fully saturated rings. The van der Waals surface area contributed by atoms with Crippen LogP contribution in [0.1, 0.15) is 83.5 Å². The van der Waals surface area contributed by atoms with Crippen molar-refractivity contribution in [1.82, 2.24) is 9.13 Å². The fourth-order valence-electron chi connectivity index (χ4n) is 14.2. The number of alkyl halides is 6. The third-order valence-electron chi connectivity index (χ3n) is 17.1. The first-order chi connectivity index (χ1) is 39.8. The van der Waals surface area contributed by atoms with E-state index in [-0.39, 0.29) is 28.6 Å². The number of aryl methyl sites for hydroxylation is 12. The Balaban J connectivity index is 1.21. The van der Waals surface area contributed by atoms with Crippen LogP contribution in [-0.2, 0) is 12.4 Å². The molecule has 3 nitrogen and oxygen atoms in total. The van der Waals surface area contributed by atoms with Crippen molar-refractivity contribution >= 4 is 43.6 Å². The van der Waals surface area contributed by atoms with Gasteiger partial charge in [0.1, 0.15) is 6.07 Å². The van der Waals surface area contributed by atoms with Crippen LogP contribution in [0.4, 0.5) is 26.3 Å². The van der Waals surface area contributed by atoms with Crippen LogP contribution in [0.2, 0.25) is 0 Å². The summed E-state index contributed by atoms with van der Waals surface area (Å²) in [5.74, 6) is 0. The summed E-state index contributed by atoms with van der Waals surface area (Å²) in [7, 11) is 0. The van der Waals surface area contributed by atoms with E-state index in [1.54, 1.807) is 12.1 Å². The van der Waals surface area contributed by atoms with Crippen LogP contribution in [0.3, 0.4) is 0 Å². The maximum atomic E-state index is 15.9. The summed E-state index contributed by atoms with van der Waals surface area (Å²) in [6.07, 6.45) is -10.3. The zero-order chi connectivity index (χ0) is 59.7. The van der Waals surface area contributed by atoms with Gasteiger partial charge in [0.25, 0.3) is 0 Å². The van der Waals surface area contributed by atoms with E-state index in [0.717, 1.165) is 139 Å². The molecule has 0 N–H and O–H groups in total. The molecule has 0 atom stereocenters. The fraction of sp³-hybridized carbons (Fsp3) is 0.187. The third kappa shape index (κ3) is 9.24. The van der Waals surface area contributed by atoms with Gasteiger partial charge >= 0.3 is 12.4 Å². The summed E-state index contributed by atoms with van der Waals surface area (Å²) in [4.78, 5) is 0. The Hall–Kier alpha value is -9.13. The maximum Gasteiger partial charge on any atom is 0.417 e. The van der Waals surface area contributed by atoms with Crippen molar-refractivity contribution in [2.24, 2.45) is 0 Å². The van der Waals surface area contributed by atoms with Crippen molar-refractivity contribution in [3.05, 3.63) is 235 Å². The zero-order valence-corrected chi connectivity index (χ0v) is 49.0. The highest BCUT2D eigenvalue weighted by Crippen LogP contribution is 2.48. The van der Waals surface area contributed by atoms with Crippen LogP contribution in [0.15, 0.2) is 152 Å². The number of rotatable bonds is 7. The summed E-state index contributed by atoms with van der Waals surface area (Å²) in [5, 5.41) is 14.9. The minimum atomic E-state index is -5.24. The predicted molar refractivity (Wildman–Crippen MR) is 334 cm³/mol. The second-order valence-corrected chi connectivity index (χ2v) is 23.4. The summed E-state index contributed by atoms with van der Waals surface area (Å²) in [6.45, 7) is 25.0. The average Bonchev–Trinajstić information content (AvgIpc) is 1.97. The van der Waals surface area contributed by atoms with Gasteiger partial charge in [0.05, 0.1) is 50.1 Å². The lowest BCUT2D eigenvalue weighted by atomic mass is 9.91. The van der Waals surface area contributed by atoms with Gasteiger partial charge in [-0.25, -0.2) is 0 Å². The molecule has 0 spiro atoms. The second kappa shape index (κ2) is 20.1. The number of hydrogen-bond donors (Lipinski definition) is 0. The molecule has 12 aromatic rings. The quantitative estimate of drug-likeness (QED) is 0.146. The van der Waals surface area contributed by atoms with E-state index in [1.807, 2.05) is 57.7 Å². The first-order valence-electron chi connectivity index (χ1n) is 28.2. The molecule has 10 aromatic carbocycles. The molecule has 418 valence electrons. The smallest absolute Gasteiger partial charge is 0.309 e. The highest BCUT2D eigenvalue weighted by molar-refractivity contribution is 6.14. The molecule has 0 radical (unpaired) electrons. The molecule has 0 unspecified atom stereocenters. The number of hydrogen-bond acceptors (Lipinski definition) is 1. The number of halogens is 6. The molecule has 0 aliphatic carbocycles. The van der Waals surface area contributed by atoms with Crippen LogP contribution >= 0.6 is 0 Å². The topological polar surface area (TPSA) is 33.6 Å². The van der Waals surface area contributed by atoms with Gasteiger partial charge in [-0.3, -0.25) is 0 Å². The highest BCUT2D eigenvalue weighted by atomic mass is 19.4. The molecular formula is C75H61F6N3. The highest BCUT2D eigenvalue weighted by Gasteiger charge is 2.39. The van der Waals surface area contributed by atoms with Crippen LogP contribution in [-0.4, -0.2) is 9.13 Å². The molecule has 0 aliphatic heterocycles. The Morgan fingerprint density at radius 2 is 0.631 bits per heavy atom.